The van der Waals surface area contributed by atoms with Crippen LogP contribution in [0, 0.1) is 0 Å². The van der Waals surface area contributed by atoms with Crippen molar-refractivity contribution < 1.29 is 46.1 Å². The maximum Gasteiger partial charge on any atom is 0.468 e. The molecule has 0 heterocycles. The zero-order valence-electron chi connectivity index (χ0n) is 9.88. The predicted molar refractivity (Wildman–Crippen MR) is 49.4 cm³/mol. The van der Waals surface area contributed by atoms with E-state index in [1.807, 2.05) is 0 Å². The molecule has 0 saturated carbocycles. The minimum atomic E-state index is -5.62. The Hall–Kier alpha value is -1.45. The third-order valence-corrected chi connectivity index (χ3v) is 1.79. The van der Waals surface area contributed by atoms with Crippen molar-refractivity contribution >= 4 is 11.9 Å². The van der Waals surface area contributed by atoms with Gasteiger partial charge in [0.2, 0.25) is 5.92 Å². The summed E-state index contributed by atoms with van der Waals surface area (Å²) in [5.74, 6) is -11.9. The Morgan fingerprint density at radius 3 is 1.89 bits per heavy atom. The van der Waals surface area contributed by atoms with Crippen LogP contribution in [-0.4, -0.2) is 41.5 Å². The lowest BCUT2D eigenvalue weighted by atomic mass is 10.2. The van der Waals surface area contributed by atoms with E-state index in [0.717, 1.165) is 0 Å². The first-order chi connectivity index (χ1) is 8.32. The van der Waals surface area contributed by atoms with E-state index >= 15 is 0 Å². The van der Waals surface area contributed by atoms with Gasteiger partial charge in [-0.2, -0.15) is 13.2 Å². The number of rotatable bonds is 6. The Balaban J connectivity index is 5.14. The molecule has 10 heteroatoms. The minimum Gasteiger partial charge on any atom is -0.476 e. The van der Waals surface area contributed by atoms with E-state index in [4.69, 9.17) is 5.11 Å². The van der Waals surface area contributed by atoms with Gasteiger partial charge in [0.25, 0.3) is 0 Å². The monoisotopic (exact) mass is 294 g/mol. The maximum absolute atomic E-state index is 12.6. The number of carboxylic acid groups (broad SMARTS) is 1. The van der Waals surface area contributed by atoms with Crippen molar-refractivity contribution in [2.45, 2.75) is 38.2 Å². The number of hydrogen-bond donors (Lipinski definition) is 1. The number of carboxylic acids is 1. The predicted octanol–water partition coefficient (Wildman–Crippen LogP) is 1.95. The molecule has 19 heavy (non-hydrogen) atoms. The van der Waals surface area contributed by atoms with E-state index < -0.39 is 42.9 Å². The molecule has 0 aromatic rings. The Labute approximate surface area is 104 Å². The average Bonchev–Trinajstić information content (AvgIpc) is 2.10. The van der Waals surface area contributed by atoms with Crippen molar-refractivity contribution in [1.82, 2.24) is 0 Å². The first-order valence-electron chi connectivity index (χ1n) is 4.83. The van der Waals surface area contributed by atoms with Gasteiger partial charge in [-0.05, 0) is 6.92 Å². The summed E-state index contributed by atoms with van der Waals surface area (Å²) in [5, 5.41) is 8.53. The van der Waals surface area contributed by atoms with E-state index in [0.29, 0.717) is 13.8 Å². The number of carbonyl (C=O) groups excluding carboxylic acids is 1. The van der Waals surface area contributed by atoms with Crippen LogP contribution < -0.4 is 0 Å². The molecule has 0 spiro atoms. The van der Waals surface area contributed by atoms with Crippen LogP contribution in [0.3, 0.4) is 0 Å². The Morgan fingerprint density at radius 2 is 1.63 bits per heavy atom. The lowest BCUT2D eigenvalue weighted by Crippen LogP contribution is -2.57. The van der Waals surface area contributed by atoms with Crippen molar-refractivity contribution in [2.75, 3.05) is 6.61 Å². The Morgan fingerprint density at radius 1 is 1.16 bits per heavy atom. The molecular weight excluding hydrogens is 283 g/mol. The number of esters is 1. The molecule has 5 nitrogen and oxygen atoms in total. The second-order valence-corrected chi connectivity index (χ2v) is 3.68. The quantitative estimate of drug-likeness (QED) is 0.460. The van der Waals surface area contributed by atoms with Gasteiger partial charge in [-0.25, -0.2) is 13.6 Å². The fourth-order valence-electron chi connectivity index (χ4n) is 0.972. The first-order valence-corrected chi connectivity index (χ1v) is 4.83. The lowest BCUT2D eigenvalue weighted by molar-refractivity contribution is -0.355. The summed E-state index contributed by atoms with van der Waals surface area (Å²) in [6, 6.07) is 0. The van der Waals surface area contributed by atoms with Crippen LogP contribution >= 0.6 is 0 Å². The second kappa shape index (κ2) is 5.68. The summed E-state index contributed by atoms with van der Waals surface area (Å²) in [6.07, 6.45) is -6.78. The van der Waals surface area contributed by atoms with E-state index in [9.17, 15) is 31.5 Å². The number of ether oxygens (including phenoxy) is 2. The summed E-state index contributed by atoms with van der Waals surface area (Å²) in [4.78, 5) is 21.2. The smallest absolute Gasteiger partial charge is 0.468 e. The molecule has 0 bridgehead atoms. The first kappa shape index (κ1) is 17.6. The molecule has 0 aliphatic heterocycles. The third kappa shape index (κ3) is 4.97. The van der Waals surface area contributed by atoms with Gasteiger partial charge < -0.3 is 14.6 Å². The summed E-state index contributed by atoms with van der Waals surface area (Å²) >= 11 is 0. The zero-order chi connectivity index (χ0) is 15.5. The van der Waals surface area contributed by atoms with Gasteiger partial charge in [-0.15, -0.1) is 0 Å². The van der Waals surface area contributed by atoms with Crippen LogP contribution in [0.5, 0.6) is 0 Å². The molecule has 1 unspecified atom stereocenters. The summed E-state index contributed by atoms with van der Waals surface area (Å²) in [5.41, 5.74) is 0. The topological polar surface area (TPSA) is 72.8 Å². The highest BCUT2D eigenvalue weighted by Crippen LogP contribution is 2.36. The fraction of sp³-hybridized carbons (Fsp3) is 0.778. The molecular formula is C9H11F5O5. The van der Waals surface area contributed by atoms with E-state index in [-0.39, 0.29) is 0 Å². The molecule has 0 saturated heterocycles. The van der Waals surface area contributed by atoms with Crippen LogP contribution in [-0.2, 0) is 19.1 Å². The summed E-state index contributed by atoms with van der Waals surface area (Å²) in [6.45, 7) is -0.317. The van der Waals surface area contributed by atoms with Crippen molar-refractivity contribution in [3.8, 4) is 0 Å². The molecule has 0 aromatic heterocycles. The summed E-state index contributed by atoms with van der Waals surface area (Å²) in [7, 11) is 0. The third-order valence-electron chi connectivity index (χ3n) is 1.79. The van der Waals surface area contributed by atoms with Gasteiger partial charge in [0.1, 0.15) is 0 Å². The molecule has 1 atom stereocenters. The van der Waals surface area contributed by atoms with Crippen LogP contribution in [0.2, 0.25) is 0 Å². The van der Waals surface area contributed by atoms with Gasteiger partial charge in [-0.1, -0.05) is 0 Å². The maximum atomic E-state index is 12.6. The minimum absolute atomic E-state index is 0.415. The van der Waals surface area contributed by atoms with Crippen molar-refractivity contribution in [3.05, 3.63) is 0 Å². The Kier molecular flexibility index (Phi) is 5.24. The SMILES string of the molecule is CC(=O)OC(OCCC(C)(F)F)(C(=O)O)C(F)(F)F. The van der Waals surface area contributed by atoms with Crippen molar-refractivity contribution in [2.24, 2.45) is 0 Å². The molecule has 0 amide bonds. The average molecular weight is 294 g/mol. The number of hydrogen-bond acceptors (Lipinski definition) is 4. The molecule has 112 valence electrons. The van der Waals surface area contributed by atoms with Crippen LogP contribution in [0.4, 0.5) is 22.0 Å². The van der Waals surface area contributed by atoms with Gasteiger partial charge in [-0.3, -0.25) is 4.79 Å². The fourth-order valence-corrected chi connectivity index (χ4v) is 0.972. The summed E-state index contributed by atoms with van der Waals surface area (Å²) < 4.78 is 70.3. The van der Waals surface area contributed by atoms with E-state index in [1.165, 1.54) is 0 Å². The molecule has 0 aliphatic carbocycles. The zero-order valence-corrected chi connectivity index (χ0v) is 9.88. The van der Waals surface area contributed by atoms with Crippen LogP contribution in [0.1, 0.15) is 20.3 Å². The van der Waals surface area contributed by atoms with E-state index in [1.54, 1.807) is 0 Å². The van der Waals surface area contributed by atoms with Crippen molar-refractivity contribution in [1.29, 1.82) is 0 Å². The van der Waals surface area contributed by atoms with E-state index in [2.05, 4.69) is 9.47 Å². The second-order valence-electron chi connectivity index (χ2n) is 3.68. The molecule has 0 fully saturated rings. The highest BCUT2D eigenvalue weighted by Gasteiger charge is 2.66. The normalized spacial score (nSPS) is 15.7. The molecule has 0 aliphatic rings. The largest absolute Gasteiger partial charge is 0.476 e. The van der Waals surface area contributed by atoms with Gasteiger partial charge in [0.05, 0.1) is 6.61 Å². The van der Waals surface area contributed by atoms with Crippen LogP contribution in [0.15, 0.2) is 0 Å². The standard InChI is InChI=1S/C9H11F5O5/c1-5(15)19-8(6(16)17,9(12,13)14)18-4-3-7(2,10)11/h3-4H2,1-2H3,(H,16,17). The van der Waals surface area contributed by atoms with Gasteiger partial charge >= 0.3 is 23.9 Å². The van der Waals surface area contributed by atoms with Crippen molar-refractivity contribution in [3.63, 3.8) is 0 Å². The molecule has 1 N–H and O–H groups in total. The van der Waals surface area contributed by atoms with Crippen LogP contribution in [0.25, 0.3) is 0 Å². The highest BCUT2D eigenvalue weighted by atomic mass is 19.4. The molecule has 0 radical (unpaired) electrons. The van der Waals surface area contributed by atoms with Gasteiger partial charge in [0.15, 0.2) is 0 Å². The number of carbonyl (C=O) groups is 2. The number of aliphatic carboxylic acids is 1. The highest BCUT2D eigenvalue weighted by molar-refractivity contribution is 5.80. The Bertz CT molecular complexity index is 348. The van der Waals surface area contributed by atoms with Gasteiger partial charge in [0, 0.05) is 13.3 Å². The lowest BCUT2D eigenvalue weighted by Gasteiger charge is -2.30. The molecule has 0 aromatic carbocycles. The number of halogens is 5. The molecule has 0 rings (SSSR count). The number of alkyl halides is 5.